The van der Waals surface area contributed by atoms with Crippen molar-refractivity contribution in [2.24, 2.45) is 5.73 Å². The quantitative estimate of drug-likeness (QED) is 0.213. The molecule has 0 spiro atoms. The lowest BCUT2D eigenvalue weighted by atomic mass is 10.0. The van der Waals surface area contributed by atoms with E-state index in [4.69, 9.17) is 5.73 Å². The van der Waals surface area contributed by atoms with E-state index < -0.39 is 12.2 Å². The van der Waals surface area contributed by atoms with Gasteiger partial charge in [-0.15, -0.1) is 13.2 Å². The summed E-state index contributed by atoms with van der Waals surface area (Å²) in [7, 11) is 0. The van der Waals surface area contributed by atoms with E-state index in [1.54, 1.807) is 18.2 Å². The molecule has 0 aliphatic carbocycles. The summed E-state index contributed by atoms with van der Waals surface area (Å²) in [5, 5.41) is 0. The highest BCUT2D eigenvalue weighted by molar-refractivity contribution is 5.94. The van der Waals surface area contributed by atoms with E-state index in [9.17, 15) is 18.0 Å². The molecule has 0 heterocycles. The number of hydrogen-bond donors (Lipinski definition) is 1. The molecule has 0 bridgehead atoms. The van der Waals surface area contributed by atoms with Crippen LogP contribution in [0.3, 0.4) is 0 Å². The predicted octanol–water partition coefficient (Wildman–Crippen LogP) is 7.07. The van der Waals surface area contributed by atoms with Gasteiger partial charge < -0.3 is 5.73 Å². The van der Waals surface area contributed by atoms with Gasteiger partial charge in [0.05, 0.1) is 0 Å². The number of carbonyl (C=O) groups is 1. The second-order valence-corrected chi connectivity index (χ2v) is 8.03. The lowest BCUT2D eigenvalue weighted by molar-refractivity contribution is -0.224. The second-order valence-electron chi connectivity index (χ2n) is 8.03. The van der Waals surface area contributed by atoms with Crippen molar-refractivity contribution in [2.75, 3.05) is 13.1 Å². The Morgan fingerprint density at radius 3 is 1.50 bits per heavy atom. The van der Waals surface area contributed by atoms with Crippen molar-refractivity contribution < 1.29 is 18.0 Å². The first kappa shape index (κ1) is 26.5. The van der Waals surface area contributed by atoms with Crippen molar-refractivity contribution >= 4 is 5.91 Å². The Balaban J connectivity index is 2.05. The third-order valence-corrected chi connectivity index (χ3v) is 5.41. The first-order valence-corrected chi connectivity index (χ1v) is 11.6. The van der Waals surface area contributed by atoms with Crippen LogP contribution >= 0.6 is 0 Å². The van der Waals surface area contributed by atoms with Crippen LogP contribution in [0.15, 0.2) is 30.3 Å². The summed E-state index contributed by atoms with van der Waals surface area (Å²) in [5.74, 6) is -0.970. The highest BCUT2D eigenvalue weighted by Crippen LogP contribution is 2.24. The lowest BCUT2D eigenvalue weighted by Crippen LogP contribution is -2.43. The number of benzene rings is 1. The Morgan fingerprint density at radius 1 is 0.700 bits per heavy atom. The van der Waals surface area contributed by atoms with Crippen molar-refractivity contribution in [1.29, 1.82) is 0 Å². The largest absolute Gasteiger partial charge is 0.487 e. The number of halogens is 3. The second kappa shape index (κ2) is 16.2. The van der Waals surface area contributed by atoms with E-state index in [0.29, 0.717) is 6.42 Å². The number of alkyl halides is 3. The van der Waals surface area contributed by atoms with Crippen LogP contribution in [0, 0.1) is 0 Å². The molecule has 2 N–H and O–H groups in total. The summed E-state index contributed by atoms with van der Waals surface area (Å²) in [4.78, 5) is 12.2. The minimum atomic E-state index is -4.64. The zero-order valence-corrected chi connectivity index (χ0v) is 18.3. The van der Waals surface area contributed by atoms with Gasteiger partial charge in [-0.25, -0.2) is 4.90 Å². The summed E-state index contributed by atoms with van der Waals surface area (Å²) in [6.45, 7) is 0.523. The number of hydrogen-bond acceptors (Lipinski definition) is 2. The van der Waals surface area contributed by atoms with Gasteiger partial charge >= 0.3 is 6.30 Å². The Hall–Kier alpha value is -1.56. The Kier molecular flexibility index (Phi) is 14.3. The van der Waals surface area contributed by atoms with Gasteiger partial charge in [0.1, 0.15) is 0 Å². The molecule has 0 radical (unpaired) electrons. The molecule has 0 aliphatic rings. The van der Waals surface area contributed by atoms with Crippen LogP contribution in [-0.4, -0.2) is 30.2 Å². The normalized spacial score (nSPS) is 11.6. The summed E-state index contributed by atoms with van der Waals surface area (Å²) < 4.78 is 39.7. The highest BCUT2D eigenvalue weighted by Gasteiger charge is 2.40. The van der Waals surface area contributed by atoms with Gasteiger partial charge in [-0.05, 0) is 31.5 Å². The third-order valence-electron chi connectivity index (χ3n) is 5.41. The molecule has 0 saturated carbocycles. The molecule has 0 saturated heterocycles. The number of rotatable bonds is 17. The Labute approximate surface area is 180 Å². The van der Waals surface area contributed by atoms with Gasteiger partial charge in [0.2, 0.25) is 0 Å². The lowest BCUT2D eigenvalue weighted by Gasteiger charge is -2.25. The zero-order chi connectivity index (χ0) is 22.1. The Morgan fingerprint density at radius 2 is 1.10 bits per heavy atom. The van der Waals surface area contributed by atoms with Crippen molar-refractivity contribution in [3.8, 4) is 0 Å². The minimum absolute atomic E-state index is 0.0400. The molecule has 30 heavy (non-hydrogen) atoms. The third kappa shape index (κ3) is 12.2. The molecular weight excluding hydrogens is 389 g/mol. The number of carbonyl (C=O) groups excluding carboxylic acids is 1. The topological polar surface area (TPSA) is 46.3 Å². The van der Waals surface area contributed by atoms with Gasteiger partial charge in [0.15, 0.2) is 0 Å². The molecular formula is C24H39F3N2O. The molecule has 172 valence electrons. The van der Waals surface area contributed by atoms with Gasteiger partial charge in [0.25, 0.3) is 5.91 Å². The fourth-order valence-corrected chi connectivity index (χ4v) is 3.62. The molecule has 0 aliphatic heterocycles. The van der Waals surface area contributed by atoms with Crippen LogP contribution in [0.1, 0.15) is 100 Å². The maximum absolute atomic E-state index is 13.2. The molecule has 6 heteroatoms. The van der Waals surface area contributed by atoms with Crippen molar-refractivity contribution in [3.63, 3.8) is 0 Å². The monoisotopic (exact) mass is 428 g/mol. The standard InChI is InChI=1S/C24H39F3N2O/c25-24(26,27)29(23(30)22-18-14-13-15-19-22)21-17-12-10-8-6-4-2-1-3-5-7-9-11-16-20-28/h13-15,18-19H,1-12,16-17,20-21,28H2. The fraction of sp³-hybridized carbons (Fsp3) is 0.708. The average Bonchev–Trinajstić information content (AvgIpc) is 2.73. The van der Waals surface area contributed by atoms with Crippen LogP contribution in [-0.2, 0) is 0 Å². The van der Waals surface area contributed by atoms with Crippen LogP contribution in [0.4, 0.5) is 13.2 Å². The molecule has 3 nitrogen and oxygen atoms in total. The van der Waals surface area contributed by atoms with Gasteiger partial charge in [0, 0.05) is 12.1 Å². The first-order chi connectivity index (χ1) is 14.5. The molecule has 1 aromatic rings. The SMILES string of the molecule is NCCCCCCCCCCCCCCCCN(C(=O)c1ccccc1)C(F)(F)F. The maximum Gasteiger partial charge on any atom is 0.487 e. The molecule has 0 fully saturated rings. The molecule has 0 aromatic heterocycles. The zero-order valence-electron chi connectivity index (χ0n) is 18.3. The van der Waals surface area contributed by atoms with E-state index in [1.165, 1.54) is 63.5 Å². The van der Waals surface area contributed by atoms with Gasteiger partial charge in [-0.1, -0.05) is 95.2 Å². The number of nitrogens with zero attached hydrogens (tertiary/aromatic N) is 1. The maximum atomic E-state index is 13.2. The number of nitrogens with two attached hydrogens (primary N) is 1. The van der Waals surface area contributed by atoms with Crippen LogP contribution in [0.25, 0.3) is 0 Å². The van der Waals surface area contributed by atoms with Crippen molar-refractivity contribution in [3.05, 3.63) is 35.9 Å². The van der Waals surface area contributed by atoms with Gasteiger partial charge in [-0.2, -0.15) is 0 Å². The van der Waals surface area contributed by atoms with E-state index in [1.807, 2.05) is 0 Å². The van der Waals surface area contributed by atoms with Crippen molar-refractivity contribution in [2.45, 2.75) is 96.2 Å². The van der Waals surface area contributed by atoms with Crippen LogP contribution < -0.4 is 5.73 Å². The Bertz CT molecular complexity index is 549. The predicted molar refractivity (Wildman–Crippen MR) is 117 cm³/mol. The molecule has 1 aromatic carbocycles. The van der Waals surface area contributed by atoms with Crippen LogP contribution in [0.5, 0.6) is 0 Å². The van der Waals surface area contributed by atoms with Gasteiger partial charge in [-0.3, -0.25) is 4.79 Å². The number of unbranched alkanes of at least 4 members (excludes halogenated alkanes) is 13. The van der Waals surface area contributed by atoms with E-state index in [2.05, 4.69) is 0 Å². The first-order valence-electron chi connectivity index (χ1n) is 11.6. The summed E-state index contributed by atoms with van der Waals surface area (Å²) in [6, 6.07) is 7.67. The molecule has 0 unspecified atom stereocenters. The van der Waals surface area contributed by atoms with E-state index in [-0.39, 0.29) is 17.0 Å². The molecule has 1 amide bonds. The summed E-state index contributed by atoms with van der Waals surface area (Å²) in [6.07, 6.45) is 10.9. The van der Waals surface area contributed by atoms with Crippen LogP contribution in [0.2, 0.25) is 0 Å². The van der Waals surface area contributed by atoms with Crippen molar-refractivity contribution in [1.82, 2.24) is 4.90 Å². The fourth-order valence-electron chi connectivity index (χ4n) is 3.62. The van der Waals surface area contributed by atoms with E-state index >= 15 is 0 Å². The minimum Gasteiger partial charge on any atom is -0.330 e. The van der Waals surface area contributed by atoms with E-state index in [0.717, 1.165) is 38.6 Å². The molecule has 1 rings (SSSR count). The summed E-state index contributed by atoms with van der Waals surface area (Å²) >= 11 is 0. The molecule has 0 atom stereocenters. The smallest absolute Gasteiger partial charge is 0.330 e. The summed E-state index contributed by atoms with van der Waals surface area (Å²) in [5.41, 5.74) is 5.55. The highest BCUT2D eigenvalue weighted by atomic mass is 19.4. The average molecular weight is 429 g/mol. The number of amides is 1.